The molecule has 170 valence electrons. The smallest absolute Gasteiger partial charge is 0.323 e. The topological polar surface area (TPSA) is 77.4 Å². The van der Waals surface area contributed by atoms with Crippen LogP contribution in [0.25, 0.3) is 11.0 Å². The maximum absolute atomic E-state index is 12.4. The summed E-state index contributed by atoms with van der Waals surface area (Å²) in [5.74, 6) is 2.30. The molecule has 1 aromatic heterocycles. The molecule has 4 rings (SSSR count). The number of aryl methyl sites for hydroxylation is 3. The highest BCUT2D eigenvalue weighted by Crippen LogP contribution is 2.26. The summed E-state index contributed by atoms with van der Waals surface area (Å²) >= 11 is 0. The first-order chi connectivity index (χ1) is 16.1. The number of fused-ring (bicyclic) bond motifs is 1. The fourth-order valence-corrected chi connectivity index (χ4v) is 3.85. The molecule has 7 heteroatoms. The van der Waals surface area contributed by atoms with E-state index in [1.807, 2.05) is 36.4 Å². The van der Waals surface area contributed by atoms with Gasteiger partial charge in [0.05, 0.1) is 25.3 Å². The number of carbonyl (C=O) groups excluding carboxylic acids is 1. The monoisotopic (exact) mass is 444 g/mol. The van der Waals surface area contributed by atoms with Crippen molar-refractivity contribution in [1.82, 2.24) is 9.55 Å². The SMILES string of the molecule is CCn1c(CCc2ccc(NC(=O)Nc3cc(OC)cc(OC)c3)cc2)nc2ccccc21. The number of aromatic nitrogens is 2. The molecule has 0 radical (unpaired) electrons. The van der Waals surface area contributed by atoms with E-state index in [0.29, 0.717) is 22.9 Å². The average Bonchev–Trinajstić information content (AvgIpc) is 3.20. The Balaban J connectivity index is 1.36. The van der Waals surface area contributed by atoms with Gasteiger partial charge >= 0.3 is 6.03 Å². The number of anilines is 2. The van der Waals surface area contributed by atoms with E-state index in [4.69, 9.17) is 14.5 Å². The molecule has 0 atom stereocenters. The van der Waals surface area contributed by atoms with Crippen LogP contribution < -0.4 is 20.1 Å². The van der Waals surface area contributed by atoms with Crippen LogP contribution in [0.4, 0.5) is 16.2 Å². The van der Waals surface area contributed by atoms with Crippen molar-refractivity contribution in [3.8, 4) is 11.5 Å². The Morgan fingerprint density at radius 2 is 1.55 bits per heavy atom. The summed E-state index contributed by atoms with van der Waals surface area (Å²) in [6.07, 6.45) is 1.73. The lowest BCUT2D eigenvalue weighted by Gasteiger charge is -2.11. The Labute approximate surface area is 193 Å². The highest BCUT2D eigenvalue weighted by Gasteiger charge is 2.10. The first-order valence-corrected chi connectivity index (χ1v) is 10.9. The van der Waals surface area contributed by atoms with E-state index in [1.54, 1.807) is 32.4 Å². The number of hydrogen-bond acceptors (Lipinski definition) is 4. The van der Waals surface area contributed by atoms with Crippen molar-refractivity contribution in [2.24, 2.45) is 0 Å². The number of nitrogens with zero attached hydrogens (tertiary/aromatic N) is 2. The zero-order chi connectivity index (χ0) is 23.2. The molecule has 0 spiro atoms. The normalized spacial score (nSPS) is 10.8. The van der Waals surface area contributed by atoms with Gasteiger partial charge < -0.3 is 24.7 Å². The van der Waals surface area contributed by atoms with Gasteiger partial charge in [0, 0.05) is 42.5 Å². The molecule has 0 saturated heterocycles. The number of para-hydroxylation sites is 2. The van der Waals surface area contributed by atoms with Crippen LogP contribution in [0.3, 0.4) is 0 Å². The van der Waals surface area contributed by atoms with Crippen molar-refractivity contribution in [3.63, 3.8) is 0 Å². The number of nitrogens with one attached hydrogen (secondary N) is 2. The molecule has 3 aromatic carbocycles. The number of imidazole rings is 1. The standard InChI is InChI=1S/C26H28N4O3/c1-4-30-24-8-6-5-7-23(24)29-25(30)14-11-18-9-12-19(13-10-18)27-26(31)28-20-15-21(32-2)17-22(16-20)33-3/h5-10,12-13,15-17H,4,11,14H2,1-3H3,(H2,27,28,31). The number of urea groups is 1. The van der Waals surface area contributed by atoms with Crippen LogP contribution in [-0.4, -0.2) is 29.8 Å². The van der Waals surface area contributed by atoms with Crippen molar-refractivity contribution in [2.45, 2.75) is 26.3 Å². The Morgan fingerprint density at radius 1 is 0.879 bits per heavy atom. The summed E-state index contributed by atoms with van der Waals surface area (Å²) in [6.45, 7) is 3.04. The number of methoxy groups -OCH3 is 2. The number of hydrogen-bond donors (Lipinski definition) is 2. The number of carbonyl (C=O) groups is 1. The number of benzene rings is 3. The molecule has 0 aliphatic rings. The van der Waals surface area contributed by atoms with Gasteiger partial charge in [-0.3, -0.25) is 0 Å². The maximum Gasteiger partial charge on any atom is 0.323 e. The molecule has 1 heterocycles. The Bertz CT molecular complexity index is 1230. The Kier molecular flexibility index (Phi) is 6.78. The van der Waals surface area contributed by atoms with Crippen LogP contribution >= 0.6 is 0 Å². The second-order valence-electron chi connectivity index (χ2n) is 7.64. The van der Waals surface area contributed by atoms with Crippen molar-refractivity contribution in [3.05, 3.63) is 78.1 Å². The molecular weight excluding hydrogens is 416 g/mol. The van der Waals surface area contributed by atoms with E-state index in [-0.39, 0.29) is 6.03 Å². The molecule has 0 bridgehead atoms. The molecule has 0 unspecified atom stereocenters. The molecule has 0 aliphatic carbocycles. The van der Waals surface area contributed by atoms with Crippen molar-refractivity contribution >= 4 is 28.4 Å². The molecular formula is C26H28N4O3. The van der Waals surface area contributed by atoms with Crippen LogP contribution in [0.15, 0.2) is 66.7 Å². The zero-order valence-corrected chi connectivity index (χ0v) is 19.1. The van der Waals surface area contributed by atoms with E-state index < -0.39 is 0 Å². The van der Waals surface area contributed by atoms with Gasteiger partial charge in [0.2, 0.25) is 0 Å². The number of amides is 2. The van der Waals surface area contributed by atoms with Gasteiger partial charge in [0.1, 0.15) is 17.3 Å². The first-order valence-electron chi connectivity index (χ1n) is 10.9. The lowest BCUT2D eigenvalue weighted by atomic mass is 10.1. The van der Waals surface area contributed by atoms with E-state index in [0.717, 1.165) is 30.7 Å². The maximum atomic E-state index is 12.4. The highest BCUT2D eigenvalue weighted by atomic mass is 16.5. The van der Waals surface area contributed by atoms with E-state index in [1.165, 1.54) is 11.1 Å². The molecule has 2 N–H and O–H groups in total. The van der Waals surface area contributed by atoms with Crippen molar-refractivity contribution in [2.75, 3.05) is 24.9 Å². The largest absolute Gasteiger partial charge is 0.497 e. The third-order valence-corrected chi connectivity index (χ3v) is 5.51. The Hall–Kier alpha value is -4.00. The number of rotatable bonds is 8. The molecule has 0 saturated carbocycles. The predicted octanol–water partition coefficient (Wildman–Crippen LogP) is 5.50. The van der Waals surface area contributed by atoms with Gasteiger partial charge in [0.15, 0.2) is 0 Å². The summed E-state index contributed by atoms with van der Waals surface area (Å²) in [7, 11) is 3.14. The molecule has 33 heavy (non-hydrogen) atoms. The second kappa shape index (κ2) is 10.1. The predicted molar refractivity (Wildman–Crippen MR) is 131 cm³/mol. The van der Waals surface area contributed by atoms with Gasteiger partial charge in [-0.05, 0) is 43.2 Å². The number of ether oxygens (including phenoxy) is 2. The fourth-order valence-electron chi connectivity index (χ4n) is 3.85. The van der Waals surface area contributed by atoms with Crippen LogP contribution in [-0.2, 0) is 19.4 Å². The summed E-state index contributed by atoms with van der Waals surface area (Å²) < 4.78 is 12.7. The van der Waals surface area contributed by atoms with Crippen molar-refractivity contribution in [1.29, 1.82) is 0 Å². The fraction of sp³-hybridized carbons (Fsp3) is 0.231. The lowest BCUT2D eigenvalue weighted by Crippen LogP contribution is -2.19. The second-order valence-corrected chi connectivity index (χ2v) is 7.64. The molecule has 0 fully saturated rings. The van der Waals surface area contributed by atoms with Crippen LogP contribution in [0, 0.1) is 0 Å². The van der Waals surface area contributed by atoms with E-state index in [9.17, 15) is 4.79 Å². The third kappa shape index (κ3) is 5.26. The zero-order valence-electron chi connectivity index (χ0n) is 19.1. The third-order valence-electron chi connectivity index (χ3n) is 5.51. The minimum atomic E-state index is -0.338. The minimum absolute atomic E-state index is 0.338. The lowest BCUT2D eigenvalue weighted by molar-refractivity contribution is 0.262. The molecule has 7 nitrogen and oxygen atoms in total. The van der Waals surface area contributed by atoms with Gasteiger partial charge in [-0.25, -0.2) is 9.78 Å². The van der Waals surface area contributed by atoms with Gasteiger partial charge in [-0.2, -0.15) is 0 Å². The van der Waals surface area contributed by atoms with Crippen LogP contribution in [0.5, 0.6) is 11.5 Å². The molecule has 2 amide bonds. The minimum Gasteiger partial charge on any atom is -0.497 e. The van der Waals surface area contributed by atoms with Gasteiger partial charge in [0.25, 0.3) is 0 Å². The Morgan fingerprint density at radius 3 is 2.21 bits per heavy atom. The van der Waals surface area contributed by atoms with E-state index in [2.05, 4.69) is 34.3 Å². The highest BCUT2D eigenvalue weighted by molar-refractivity contribution is 6.00. The van der Waals surface area contributed by atoms with Gasteiger partial charge in [-0.15, -0.1) is 0 Å². The first kappa shape index (κ1) is 22.2. The molecule has 4 aromatic rings. The summed E-state index contributed by atoms with van der Waals surface area (Å²) in [4.78, 5) is 17.2. The van der Waals surface area contributed by atoms with Crippen LogP contribution in [0.2, 0.25) is 0 Å². The van der Waals surface area contributed by atoms with Gasteiger partial charge in [-0.1, -0.05) is 24.3 Å². The average molecular weight is 445 g/mol. The quantitative estimate of drug-likeness (QED) is 0.376. The van der Waals surface area contributed by atoms with Crippen molar-refractivity contribution < 1.29 is 14.3 Å². The summed E-state index contributed by atoms with van der Waals surface area (Å²) in [6, 6.07) is 21.0. The summed E-state index contributed by atoms with van der Waals surface area (Å²) in [5.41, 5.74) is 4.70. The van der Waals surface area contributed by atoms with E-state index >= 15 is 0 Å². The molecule has 0 aliphatic heterocycles. The van der Waals surface area contributed by atoms with Crippen LogP contribution in [0.1, 0.15) is 18.3 Å². The summed E-state index contributed by atoms with van der Waals surface area (Å²) in [5, 5.41) is 5.66.